The van der Waals surface area contributed by atoms with E-state index >= 15 is 0 Å². The minimum atomic E-state index is -0.315. The van der Waals surface area contributed by atoms with E-state index in [4.69, 9.17) is 26.8 Å². The largest absolute Gasteiger partial charge is 0.493 e. The molecule has 21 heavy (non-hydrogen) atoms. The van der Waals surface area contributed by atoms with E-state index in [1.54, 1.807) is 36.4 Å². The van der Waals surface area contributed by atoms with Crippen LogP contribution >= 0.6 is 11.6 Å². The number of carbonyl (C=O) groups excluding carboxylic acids is 1. The van der Waals surface area contributed by atoms with Gasteiger partial charge in [-0.05, 0) is 36.4 Å². The molecule has 5 nitrogen and oxygen atoms in total. The predicted molar refractivity (Wildman–Crippen MR) is 83.4 cm³/mol. The lowest BCUT2D eigenvalue weighted by atomic mass is 10.1. The SMILES string of the molecule is COc1ccc(C(=O)Nc2cc(Cl)ccc2N)cc1OC. The molecule has 2 aromatic carbocycles. The zero-order valence-corrected chi connectivity index (χ0v) is 12.4. The maximum atomic E-state index is 12.2. The van der Waals surface area contributed by atoms with Crippen molar-refractivity contribution >= 4 is 28.9 Å². The molecule has 0 aliphatic carbocycles. The van der Waals surface area contributed by atoms with E-state index in [1.807, 2.05) is 0 Å². The fourth-order valence-corrected chi connectivity index (χ4v) is 1.98. The molecule has 110 valence electrons. The maximum Gasteiger partial charge on any atom is 0.255 e. The van der Waals surface area contributed by atoms with Crippen LogP contribution in [-0.2, 0) is 0 Å². The fraction of sp³-hybridized carbons (Fsp3) is 0.133. The van der Waals surface area contributed by atoms with Gasteiger partial charge in [-0.15, -0.1) is 0 Å². The normalized spacial score (nSPS) is 10.0. The Morgan fingerprint density at radius 1 is 1.10 bits per heavy atom. The lowest BCUT2D eigenvalue weighted by Crippen LogP contribution is -2.13. The number of nitrogens with two attached hydrogens (primary N) is 1. The van der Waals surface area contributed by atoms with E-state index in [2.05, 4.69) is 5.32 Å². The lowest BCUT2D eigenvalue weighted by molar-refractivity contribution is 0.102. The van der Waals surface area contributed by atoms with Crippen LogP contribution in [0.1, 0.15) is 10.4 Å². The molecule has 0 bridgehead atoms. The molecule has 0 aliphatic heterocycles. The number of ether oxygens (including phenoxy) is 2. The molecule has 0 saturated heterocycles. The Bertz CT molecular complexity index is 674. The highest BCUT2D eigenvalue weighted by Gasteiger charge is 2.12. The topological polar surface area (TPSA) is 73.6 Å². The second kappa shape index (κ2) is 6.37. The van der Waals surface area contributed by atoms with Crippen molar-refractivity contribution in [1.82, 2.24) is 0 Å². The highest BCUT2D eigenvalue weighted by molar-refractivity contribution is 6.31. The summed E-state index contributed by atoms with van der Waals surface area (Å²) in [6.45, 7) is 0. The molecule has 0 atom stereocenters. The Kier molecular flexibility index (Phi) is 4.55. The van der Waals surface area contributed by atoms with E-state index in [9.17, 15) is 4.79 Å². The molecule has 0 unspecified atom stereocenters. The molecule has 6 heteroatoms. The molecule has 0 saturated carbocycles. The minimum absolute atomic E-state index is 0.315. The Morgan fingerprint density at radius 2 is 1.81 bits per heavy atom. The van der Waals surface area contributed by atoms with E-state index in [0.717, 1.165) is 0 Å². The monoisotopic (exact) mass is 306 g/mol. The van der Waals surface area contributed by atoms with E-state index in [0.29, 0.717) is 33.5 Å². The first-order chi connectivity index (χ1) is 10.0. The van der Waals surface area contributed by atoms with Crippen molar-refractivity contribution in [2.45, 2.75) is 0 Å². The summed E-state index contributed by atoms with van der Waals surface area (Å²) in [6.07, 6.45) is 0. The third kappa shape index (κ3) is 3.38. The second-order valence-electron chi connectivity index (χ2n) is 4.26. The van der Waals surface area contributed by atoms with Crippen LogP contribution in [0.2, 0.25) is 5.02 Å². The Morgan fingerprint density at radius 3 is 2.48 bits per heavy atom. The smallest absolute Gasteiger partial charge is 0.255 e. The fourth-order valence-electron chi connectivity index (χ4n) is 1.81. The summed E-state index contributed by atoms with van der Waals surface area (Å²) in [5.41, 5.74) is 7.12. The standard InChI is InChI=1S/C15H15ClN2O3/c1-20-13-6-3-9(7-14(13)21-2)15(19)18-12-8-10(16)4-5-11(12)17/h3-8H,17H2,1-2H3,(H,18,19). The summed E-state index contributed by atoms with van der Waals surface area (Å²) >= 11 is 5.89. The van der Waals surface area contributed by atoms with Crippen molar-refractivity contribution in [3.63, 3.8) is 0 Å². The first-order valence-corrected chi connectivity index (χ1v) is 6.51. The van der Waals surface area contributed by atoms with Crippen LogP contribution in [0.4, 0.5) is 11.4 Å². The van der Waals surface area contributed by atoms with Crippen LogP contribution in [0.15, 0.2) is 36.4 Å². The molecule has 0 radical (unpaired) electrons. The average molecular weight is 307 g/mol. The van der Waals surface area contributed by atoms with Crippen molar-refractivity contribution in [2.24, 2.45) is 0 Å². The predicted octanol–water partition coefficient (Wildman–Crippen LogP) is 3.19. The molecule has 3 N–H and O–H groups in total. The molecular weight excluding hydrogens is 292 g/mol. The van der Waals surface area contributed by atoms with E-state index in [-0.39, 0.29) is 5.91 Å². The number of methoxy groups -OCH3 is 2. The van der Waals surface area contributed by atoms with E-state index in [1.165, 1.54) is 14.2 Å². The number of hydrogen-bond donors (Lipinski definition) is 2. The van der Waals surface area contributed by atoms with Gasteiger partial charge in [0.25, 0.3) is 5.91 Å². The zero-order valence-electron chi connectivity index (χ0n) is 11.6. The van der Waals surface area contributed by atoms with Gasteiger partial charge in [0, 0.05) is 10.6 Å². The molecule has 2 rings (SSSR count). The van der Waals surface area contributed by atoms with Gasteiger partial charge in [-0.25, -0.2) is 0 Å². The van der Waals surface area contributed by atoms with Crippen LogP contribution < -0.4 is 20.5 Å². The van der Waals surface area contributed by atoms with Crippen molar-refractivity contribution in [2.75, 3.05) is 25.3 Å². The molecule has 1 amide bonds. The highest BCUT2D eigenvalue weighted by atomic mass is 35.5. The Labute approximate surface area is 127 Å². The van der Waals surface area contributed by atoms with Gasteiger partial charge in [0.1, 0.15) is 0 Å². The number of anilines is 2. The number of nitrogen functional groups attached to an aromatic ring is 1. The first-order valence-electron chi connectivity index (χ1n) is 6.13. The minimum Gasteiger partial charge on any atom is -0.493 e. The van der Waals surface area contributed by atoms with Gasteiger partial charge >= 0.3 is 0 Å². The van der Waals surface area contributed by atoms with Gasteiger partial charge in [-0.3, -0.25) is 4.79 Å². The summed E-state index contributed by atoms with van der Waals surface area (Å²) in [6, 6.07) is 9.77. The third-order valence-electron chi connectivity index (χ3n) is 2.91. The van der Waals surface area contributed by atoms with Gasteiger partial charge < -0.3 is 20.5 Å². The van der Waals surface area contributed by atoms with Gasteiger partial charge in [0.05, 0.1) is 25.6 Å². The van der Waals surface area contributed by atoms with E-state index < -0.39 is 0 Å². The number of nitrogens with one attached hydrogen (secondary N) is 1. The van der Waals surface area contributed by atoms with Crippen molar-refractivity contribution in [3.8, 4) is 11.5 Å². The van der Waals surface area contributed by atoms with Crippen LogP contribution in [-0.4, -0.2) is 20.1 Å². The first kappa shape index (κ1) is 15.0. The zero-order chi connectivity index (χ0) is 15.4. The molecule has 0 heterocycles. The summed E-state index contributed by atoms with van der Waals surface area (Å²) in [5, 5.41) is 3.20. The molecule has 0 aliphatic rings. The van der Waals surface area contributed by atoms with Gasteiger partial charge in [-0.1, -0.05) is 11.6 Å². The molecule has 2 aromatic rings. The number of amides is 1. The third-order valence-corrected chi connectivity index (χ3v) is 3.14. The number of carbonyl (C=O) groups is 1. The number of halogens is 1. The second-order valence-corrected chi connectivity index (χ2v) is 4.69. The van der Waals surface area contributed by atoms with Crippen molar-refractivity contribution in [3.05, 3.63) is 47.0 Å². The Hall–Kier alpha value is -2.40. The van der Waals surface area contributed by atoms with Gasteiger partial charge in [-0.2, -0.15) is 0 Å². The number of hydrogen-bond acceptors (Lipinski definition) is 4. The molecular formula is C15H15ClN2O3. The molecule has 0 aromatic heterocycles. The van der Waals surface area contributed by atoms with Crippen molar-refractivity contribution < 1.29 is 14.3 Å². The molecule has 0 fully saturated rings. The average Bonchev–Trinajstić information content (AvgIpc) is 2.50. The summed E-state index contributed by atoms with van der Waals surface area (Å²) < 4.78 is 10.3. The van der Waals surface area contributed by atoms with Gasteiger partial charge in [0.15, 0.2) is 11.5 Å². The maximum absolute atomic E-state index is 12.2. The summed E-state index contributed by atoms with van der Waals surface area (Å²) in [7, 11) is 3.04. The lowest BCUT2D eigenvalue weighted by Gasteiger charge is -2.11. The Balaban J connectivity index is 2.26. The highest BCUT2D eigenvalue weighted by Crippen LogP contribution is 2.28. The summed E-state index contributed by atoms with van der Waals surface area (Å²) in [5.74, 6) is 0.713. The molecule has 0 spiro atoms. The van der Waals surface area contributed by atoms with Crippen LogP contribution in [0, 0.1) is 0 Å². The van der Waals surface area contributed by atoms with Crippen LogP contribution in [0.25, 0.3) is 0 Å². The number of rotatable bonds is 4. The van der Waals surface area contributed by atoms with Crippen LogP contribution in [0.5, 0.6) is 11.5 Å². The van der Waals surface area contributed by atoms with Crippen LogP contribution in [0.3, 0.4) is 0 Å². The van der Waals surface area contributed by atoms with Crippen molar-refractivity contribution in [1.29, 1.82) is 0 Å². The van der Waals surface area contributed by atoms with Gasteiger partial charge in [0.2, 0.25) is 0 Å². The summed E-state index contributed by atoms with van der Waals surface area (Å²) in [4.78, 5) is 12.2. The quantitative estimate of drug-likeness (QED) is 0.851. The number of benzene rings is 2.